The van der Waals surface area contributed by atoms with Gasteiger partial charge in [-0.15, -0.1) is 0 Å². The zero-order valence-electron chi connectivity index (χ0n) is 14.5. The van der Waals surface area contributed by atoms with E-state index in [4.69, 9.17) is 4.55 Å². The molecule has 134 valence electrons. The second kappa shape index (κ2) is 7.68. The molecule has 2 aromatic carbocycles. The van der Waals surface area contributed by atoms with Crippen molar-refractivity contribution >= 4 is 10.1 Å². The average Bonchev–Trinajstić information content (AvgIpc) is 2.46. The van der Waals surface area contributed by atoms with E-state index in [1.54, 1.807) is 17.7 Å². The smallest absolute Gasteiger partial charge is 0.294 e. The second-order valence-corrected chi connectivity index (χ2v) is 8.36. The first-order valence-corrected chi connectivity index (χ1v) is 10.2. The summed E-state index contributed by atoms with van der Waals surface area (Å²) in [5, 5.41) is 3.32. The van der Waals surface area contributed by atoms with Crippen LogP contribution in [-0.2, 0) is 10.1 Å². The Morgan fingerprint density at radius 3 is 1.76 bits per heavy atom. The molecule has 25 heavy (non-hydrogen) atoms. The lowest BCUT2D eigenvalue weighted by atomic mass is 9.79. The summed E-state index contributed by atoms with van der Waals surface area (Å²) >= 11 is 0. The van der Waals surface area contributed by atoms with Crippen LogP contribution in [-0.4, -0.2) is 26.1 Å². The van der Waals surface area contributed by atoms with Gasteiger partial charge in [0.05, 0.1) is 4.90 Å². The molecule has 0 spiro atoms. The van der Waals surface area contributed by atoms with Crippen molar-refractivity contribution < 1.29 is 13.0 Å². The fraction of sp³-hybridized carbons (Fsp3) is 0.400. The van der Waals surface area contributed by atoms with Crippen LogP contribution >= 0.6 is 0 Å². The van der Waals surface area contributed by atoms with Gasteiger partial charge in [0.25, 0.3) is 10.1 Å². The molecule has 0 unspecified atom stereocenters. The van der Waals surface area contributed by atoms with E-state index in [1.165, 1.54) is 50.0 Å². The maximum Gasteiger partial charge on any atom is 0.294 e. The first kappa shape index (κ1) is 18.1. The van der Waals surface area contributed by atoms with Crippen molar-refractivity contribution in [2.75, 3.05) is 13.1 Å². The Morgan fingerprint density at radius 1 is 0.880 bits per heavy atom. The Balaban J connectivity index is 0.000000151. The van der Waals surface area contributed by atoms with Gasteiger partial charge in [-0.25, -0.2) is 0 Å². The number of benzene rings is 2. The van der Waals surface area contributed by atoms with Crippen LogP contribution in [0.15, 0.2) is 53.4 Å². The fourth-order valence-electron chi connectivity index (χ4n) is 3.02. The summed E-state index contributed by atoms with van der Waals surface area (Å²) in [7, 11) is -4.02. The highest BCUT2D eigenvalue weighted by molar-refractivity contribution is 7.85. The minimum absolute atomic E-state index is 0.0666. The molecule has 1 saturated heterocycles. The molecular weight excluding hydrogens is 334 g/mol. The standard InChI is InChI=1S/C13H17N.C7H8O3S/c1-2-10(3-1)11-4-6-12(7-5-11)13-8-14-9-13;1-6-2-4-7(5-3-6)11(8,9)10/h4-7,10,13-14H,1-3,8-9H2;2-5H,1H3,(H,8,9,10). The Labute approximate surface area is 150 Å². The monoisotopic (exact) mass is 359 g/mol. The zero-order valence-corrected chi connectivity index (χ0v) is 15.3. The molecule has 2 aliphatic rings. The van der Waals surface area contributed by atoms with E-state index >= 15 is 0 Å². The summed E-state index contributed by atoms with van der Waals surface area (Å²) in [6, 6.07) is 15.3. The Morgan fingerprint density at radius 2 is 1.40 bits per heavy atom. The number of nitrogens with one attached hydrogen (secondary N) is 1. The molecule has 0 atom stereocenters. The highest BCUT2D eigenvalue weighted by Crippen LogP contribution is 2.36. The third-order valence-corrected chi connectivity index (χ3v) is 5.95. The number of aryl methyl sites for hydroxylation is 1. The van der Waals surface area contributed by atoms with E-state index in [9.17, 15) is 8.42 Å². The molecule has 1 heterocycles. The minimum Gasteiger partial charge on any atom is -0.315 e. The van der Waals surface area contributed by atoms with Crippen LogP contribution in [0.3, 0.4) is 0 Å². The Bertz CT molecular complexity index is 757. The quantitative estimate of drug-likeness (QED) is 0.816. The van der Waals surface area contributed by atoms with E-state index in [0.717, 1.165) is 17.4 Å². The second-order valence-electron chi connectivity index (χ2n) is 6.94. The SMILES string of the molecule is Cc1ccc(S(=O)(=O)O)cc1.c1cc(C2CNC2)ccc1C1CCC1. The van der Waals surface area contributed by atoms with E-state index in [-0.39, 0.29) is 4.90 Å². The van der Waals surface area contributed by atoms with Crippen molar-refractivity contribution in [2.45, 2.75) is 42.9 Å². The van der Waals surface area contributed by atoms with Gasteiger partial charge in [-0.2, -0.15) is 8.42 Å². The van der Waals surface area contributed by atoms with Gasteiger partial charge in [-0.1, -0.05) is 48.4 Å². The molecule has 0 radical (unpaired) electrons. The fourth-order valence-corrected chi connectivity index (χ4v) is 3.50. The van der Waals surface area contributed by atoms with Gasteiger partial charge in [-0.3, -0.25) is 4.55 Å². The number of hydrogen-bond acceptors (Lipinski definition) is 3. The lowest BCUT2D eigenvalue weighted by Gasteiger charge is -2.29. The van der Waals surface area contributed by atoms with Crippen molar-refractivity contribution in [1.82, 2.24) is 5.32 Å². The number of hydrogen-bond donors (Lipinski definition) is 2. The van der Waals surface area contributed by atoms with Gasteiger partial charge in [0.2, 0.25) is 0 Å². The van der Waals surface area contributed by atoms with Gasteiger partial charge in [0.1, 0.15) is 0 Å². The van der Waals surface area contributed by atoms with Crippen LogP contribution in [0.5, 0.6) is 0 Å². The van der Waals surface area contributed by atoms with Crippen LogP contribution in [0.2, 0.25) is 0 Å². The Hall–Kier alpha value is -1.69. The summed E-state index contributed by atoms with van der Waals surface area (Å²) in [4.78, 5) is -0.0666. The molecule has 1 aliphatic carbocycles. The molecule has 4 rings (SSSR count). The van der Waals surface area contributed by atoms with E-state index in [2.05, 4.69) is 29.6 Å². The molecule has 1 saturated carbocycles. The van der Waals surface area contributed by atoms with Gasteiger partial charge in [0.15, 0.2) is 0 Å². The molecule has 2 N–H and O–H groups in total. The lowest BCUT2D eigenvalue weighted by Crippen LogP contribution is -2.39. The average molecular weight is 359 g/mol. The van der Waals surface area contributed by atoms with Gasteiger partial charge < -0.3 is 5.32 Å². The predicted molar refractivity (Wildman–Crippen MR) is 99.6 cm³/mol. The van der Waals surface area contributed by atoms with Crippen molar-refractivity contribution in [2.24, 2.45) is 0 Å². The van der Waals surface area contributed by atoms with Crippen molar-refractivity contribution in [3.05, 3.63) is 65.2 Å². The molecule has 5 heteroatoms. The van der Waals surface area contributed by atoms with Gasteiger partial charge in [0, 0.05) is 19.0 Å². The summed E-state index contributed by atoms with van der Waals surface area (Å²) in [5.41, 5.74) is 4.04. The van der Waals surface area contributed by atoms with Gasteiger partial charge in [-0.05, 0) is 48.9 Å². The maximum atomic E-state index is 10.5. The van der Waals surface area contributed by atoms with Crippen molar-refractivity contribution in [3.63, 3.8) is 0 Å². The van der Waals surface area contributed by atoms with Crippen LogP contribution in [0.1, 0.15) is 47.8 Å². The van der Waals surface area contributed by atoms with E-state index in [1.807, 2.05) is 6.92 Å². The van der Waals surface area contributed by atoms with Crippen LogP contribution in [0, 0.1) is 6.92 Å². The lowest BCUT2D eigenvalue weighted by molar-refractivity contribution is 0.418. The highest BCUT2D eigenvalue weighted by atomic mass is 32.2. The predicted octanol–water partition coefficient (Wildman–Crippen LogP) is 3.88. The van der Waals surface area contributed by atoms with Crippen molar-refractivity contribution in [3.8, 4) is 0 Å². The van der Waals surface area contributed by atoms with Gasteiger partial charge >= 0.3 is 0 Å². The van der Waals surface area contributed by atoms with Crippen LogP contribution < -0.4 is 5.32 Å². The summed E-state index contributed by atoms with van der Waals surface area (Å²) in [6.07, 6.45) is 4.24. The molecule has 1 aliphatic heterocycles. The zero-order chi connectivity index (χ0) is 17.9. The van der Waals surface area contributed by atoms with Crippen LogP contribution in [0.25, 0.3) is 0 Å². The Kier molecular flexibility index (Phi) is 5.57. The van der Waals surface area contributed by atoms with Crippen LogP contribution in [0.4, 0.5) is 0 Å². The minimum atomic E-state index is -4.02. The first-order chi connectivity index (χ1) is 11.9. The van der Waals surface area contributed by atoms with E-state index < -0.39 is 10.1 Å². The molecule has 2 fully saturated rings. The molecule has 4 nitrogen and oxygen atoms in total. The van der Waals surface area contributed by atoms with Crippen molar-refractivity contribution in [1.29, 1.82) is 0 Å². The molecule has 0 bridgehead atoms. The third-order valence-electron chi connectivity index (χ3n) is 5.08. The summed E-state index contributed by atoms with van der Waals surface area (Å²) in [6.45, 7) is 4.18. The van der Waals surface area contributed by atoms with E-state index in [0.29, 0.717) is 0 Å². The third kappa shape index (κ3) is 4.69. The summed E-state index contributed by atoms with van der Waals surface area (Å²) in [5.74, 6) is 1.66. The number of rotatable bonds is 3. The topological polar surface area (TPSA) is 66.4 Å². The highest BCUT2D eigenvalue weighted by Gasteiger charge is 2.21. The first-order valence-electron chi connectivity index (χ1n) is 8.78. The molecular formula is C20H25NO3S. The normalized spacial score (nSPS) is 17.8. The maximum absolute atomic E-state index is 10.5. The molecule has 0 aromatic heterocycles. The molecule has 2 aromatic rings. The molecule has 0 amide bonds. The largest absolute Gasteiger partial charge is 0.315 e. The summed E-state index contributed by atoms with van der Waals surface area (Å²) < 4.78 is 29.6.